The van der Waals surface area contributed by atoms with E-state index in [1.165, 1.54) is 6.07 Å². The minimum absolute atomic E-state index is 0.140. The van der Waals surface area contributed by atoms with Gasteiger partial charge in [-0.3, -0.25) is 10.1 Å². The van der Waals surface area contributed by atoms with E-state index in [1.54, 1.807) is 20.1 Å². The van der Waals surface area contributed by atoms with Crippen molar-refractivity contribution < 1.29 is 9.66 Å². The van der Waals surface area contributed by atoms with Crippen LogP contribution in [0.3, 0.4) is 0 Å². The van der Waals surface area contributed by atoms with Gasteiger partial charge < -0.3 is 10.1 Å². The van der Waals surface area contributed by atoms with E-state index in [9.17, 15) is 10.1 Å². The Balaban J connectivity index is 2.19. The van der Waals surface area contributed by atoms with E-state index >= 15 is 0 Å². The second kappa shape index (κ2) is 6.58. The van der Waals surface area contributed by atoms with Gasteiger partial charge in [0.2, 0.25) is 0 Å². The number of hydrogen-bond acceptors (Lipinski definition) is 4. The largest absolute Gasteiger partial charge is 0.497 e. The molecule has 2 aromatic carbocycles. The summed E-state index contributed by atoms with van der Waals surface area (Å²) < 4.78 is 6.11. The van der Waals surface area contributed by atoms with Crippen LogP contribution in [0.2, 0.25) is 0 Å². The third-order valence-corrected chi connectivity index (χ3v) is 3.66. The zero-order valence-electron chi connectivity index (χ0n) is 11.7. The number of nitro benzene ring substituents is 1. The molecule has 0 saturated heterocycles. The van der Waals surface area contributed by atoms with Crippen molar-refractivity contribution in [1.82, 2.24) is 0 Å². The van der Waals surface area contributed by atoms with E-state index in [2.05, 4.69) is 21.2 Å². The summed E-state index contributed by atoms with van der Waals surface area (Å²) in [5.74, 6) is 0.739. The fourth-order valence-corrected chi connectivity index (χ4v) is 2.51. The van der Waals surface area contributed by atoms with Gasteiger partial charge in [0.15, 0.2) is 0 Å². The average Bonchev–Trinajstić information content (AvgIpc) is 2.45. The number of benzene rings is 2. The van der Waals surface area contributed by atoms with Crippen LogP contribution in [0, 0.1) is 17.0 Å². The molecule has 0 aliphatic rings. The monoisotopic (exact) mass is 350 g/mol. The zero-order chi connectivity index (χ0) is 15.4. The van der Waals surface area contributed by atoms with Crippen LogP contribution < -0.4 is 10.1 Å². The summed E-state index contributed by atoms with van der Waals surface area (Å²) in [5.41, 5.74) is 2.59. The quantitative estimate of drug-likeness (QED) is 0.645. The Morgan fingerprint density at radius 3 is 2.76 bits per heavy atom. The van der Waals surface area contributed by atoms with E-state index in [0.717, 1.165) is 21.5 Å². The molecule has 2 rings (SSSR count). The molecule has 110 valence electrons. The molecule has 0 atom stereocenters. The van der Waals surface area contributed by atoms with Crippen molar-refractivity contribution in [2.45, 2.75) is 13.5 Å². The number of rotatable bonds is 5. The highest BCUT2D eigenvalue weighted by atomic mass is 79.9. The topological polar surface area (TPSA) is 64.4 Å². The Labute approximate surface area is 131 Å². The first-order valence-electron chi connectivity index (χ1n) is 6.32. The number of ether oxygens (including phenoxy) is 1. The molecule has 2 aromatic rings. The number of anilines is 1. The molecule has 0 saturated carbocycles. The van der Waals surface area contributed by atoms with Gasteiger partial charge >= 0.3 is 0 Å². The van der Waals surface area contributed by atoms with Gasteiger partial charge in [0.25, 0.3) is 5.69 Å². The maximum absolute atomic E-state index is 10.9. The third-order valence-electron chi connectivity index (χ3n) is 3.20. The second-order valence-corrected chi connectivity index (χ2v) is 5.47. The molecule has 0 aromatic heterocycles. The number of nitro groups is 1. The van der Waals surface area contributed by atoms with Crippen LogP contribution in [0.1, 0.15) is 11.1 Å². The lowest BCUT2D eigenvalue weighted by atomic mass is 10.1. The number of methoxy groups -OCH3 is 1. The Hall–Kier alpha value is -2.08. The van der Waals surface area contributed by atoms with E-state index in [-0.39, 0.29) is 10.6 Å². The first kappa shape index (κ1) is 15.3. The maximum Gasteiger partial charge on any atom is 0.272 e. The van der Waals surface area contributed by atoms with Crippen LogP contribution in [0.4, 0.5) is 11.4 Å². The Morgan fingerprint density at radius 1 is 1.33 bits per heavy atom. The van der Waals surface area contributed by atoms with Crippen LogP contribution in [-0.2, 0) is 6.54 Å². The lowest BCUT2D eigenvalue weighted by Crippen LogP contribution is -2.03. The van der Waals surface area contributed by atoms with E-state index < -0.39 is 0 Å². The molecule has 0 bridgehead atoms. The van der Waals surface area contributed by atoms with Gasteiger partial charge in [-0.05, 0) is 24.6 Å². The van der Waals surface area contributed by atoms with Crippen LogP contribution >= 0.6 is 15.9 Å². The van der Waals surface area contributed by atoms with Gasteiger partial charge in [-0.1, -0.05) is 28.1 Å². The molecule has 6 heteroatoms. The number of hydrogen-bond donors (Lipinski definition) is 1. The highest BCUT2D eigenvalue weighted by Gasteiger charge is 2.12. The Morgan fingerprint density at radius 2 is 2.10 bits per heavy atom. The van der Waals surface area contributed by atoms with Gasteiger partial charge in [-0.2, -0.15) is 0 Å². The average molecular weight is 351 g/mol. The summed E-state index contributed by atoms with van der Waals surface area (Å²) >= 11 is 3.42. The van der Waals surface area contributed by atoms with Gasteiger partial charge in [0.1, 0.15) is 5.75 Å². The molecule has 0 aliphatic carbocycles. The molecule has 0 aliphatic heterocycles. The normalized spacial score (nSPS) is 10.2. The minimum Gasteiger partial charge on any atom is -0.497 e. The molecule has 5 nitrogen and oxygen atoms in total. The smallest absolute Gasteiger partial charge is 0.272 e. The predicted molar refractivity (Wildman–Crippen MR) is 85.9 cm³/mol. The number of halogens is 1. The molecule has 21 heavy (non-hydrogen) atoms. The van der Waals surface area contributed by atoms with Gasteiger partial charge in [-0.25, -0.2) is 0 Å². The lowest BCUT2D eigenvalue weighted by Gasteiger charge is -2.11. The summed E-state index contributed by atoms with van der Waals surface area (Å²) in [6.45, 7) is 2.27. The lowest BCUT2D eigenvalue weighted by molar-refractivity contribution is -0.385. The SMILES string of the molecule is COc1cc(Br)cc(NCc2cccc([N+](=O)[O-])c2C)c1. The van der Waals surface area contributed by atoms with Crippen LogP contribution in [0.25, 0.3) is 0 Å². The van der Waals surface area contributed by atoms with E-state index in [4.69, 9.17) is 4.74 Å². The number of nitrogens with one attached hydrogen (secondary N) is 1. The molecule has 0 heterocycles. The molecule has 0 amide bonds. The van der Waals surface area contributed by atoms with Crippen molar-refractivity contribution in [3.05, 3.63) is 62.1 Å². The van der Waals surface area contributed by atoms with Gasteiger partial charge in [0.05, 0.1) is 12.0 Å². The Kier molecular flexibility index (Phi) is 4.80. The van der Waals surface area contributed by atoms with Gasteiger partial charge in [0, 0.05) is 34.4 Å². The molecule has 0 fully saturated rings. The van der Waals surface area contributed by atoms with Crippen molar-refractivity contribution in [2.75, 3.05) is 12.4 Å². The molecule has 0 unspecified atom stereocenters. The van der Waals surface area contributed by atoms with Crippen molar-refractivity contribution in [1.29, 1.82) is 0 Å². The first-order chi connectivity index (χ1) is 10.0. The summed E-state index contributed by atoms with van der Waals surface area (Å²) in [6, 6.07) is 10.8. The maximum atomic E-state index is 10.9. The highest BCUT2D eigenvalue weighted by Crippen LogP contribution is 2.26. The summed E-state index contributed by atoms with van der Waals surface area (Å²) in [5, 5.41) is 14.2. The van der Waals surface area contributed by atoms with Crippen molar-refractivity contribution in [3.8, 4) is 5.75 Å². The van der Waals surface area contributed by atoms with Crippen LogP contribution in [0.15, 0.2) is 40.9 Å². The molecular weight excluding hydrogens is 336 g/mol. The molecule has 1 N–H and O–H groups in total. The first-order valence-corrected chi connectivity index (χ1v) is 7.12. The number of nitrogens with zero attached hydrogens (tertiary/aromatic N) is 1. The van der Waals surface area contributed by atoms with E-state index in [0.29, 0.717) is 12.1 Å². The molecule has 0 spiro atoms. The summed E-state index contributed by atoms with van der Waals surface area (Å²) in [7, 11) is 1.61. The fourth-order valence-electron chi connectivity index (χ4n) is 2.04. The van der Waals surface area contributed by atoms with Crippen molar-refractivity contribution in [2.24, 2.45) is 0 Å². The van der Waals surface area contributed by atoms with Crippen LogP contribution in [0.5, 0.6) is 5.75 Å². The summed E-state index contributed by atoms with van der Waals surface area (Å²) in [4.78, 5) is 10.6. The molecular formula is C15H15BrN2O3. The Bertz CT molecular complexity index is 674. The van der Waals surface area contributed by atoms with Crippen molar-refractivity contribution in [3.63, 3.8) is 0 Å². The second-order valence-electron chi connectivity index (χ2n) is 4.55. The van der Waals surface area contributed by atoms with Crippen molar-refractivity contribution >= 4 is 27.3 Å². The summed E-state index contributed by atoms with van der Waals surface area (Å²) in [6.07, 6.45) is 0. The fraction of sp³-hybridized carbons (Fsp3) is 0.200. The van der Waals surface area contributed by atoms with Crippen LogP contribution in [-0.4, -0.2) is 12.0 Å². The third kappa shape index (κ3) is 3.72. The standard InChI is InChI=1S/C15H15BrN2O3/c1-10-11(4-3-5-15(10)18(19)20)9-17-13-6-12(16)7-14(8-13)21-2/h3-8,17H,9H2,1-2H3. The highest BCUT2D eigenvalue weighted by molar-refractivity contribution is 9.10. The predicted octanol–water partition coefficient (Wildman–Crippen LogP) is 4.29. The minimum atomic E-state index is -0.360. The zero-order valence-corrected chi connectivity index (χ0v) is 13.3. The molecule has 0 radical (unpaired) electrons. The van der Waals surface area contributed by atoms with E-state index in [1.807, 2.05) is 24.3 Å². The van der Waals surface area contributed by atoms with Gasteiger partial charge in [-0.15, -0.1) is 0 Å².